The summed E-state index contributed by atoms with van der Waals surface area (Å²) in [5.74, 6) is 0.0827. The summed E-state index contributed by atoms with van der Waals surface area (Å²) in [6.45, 7) is 3.02. The second-order valence-electron chi connectivity index (χ2n) is 9.55. The summed E-state index contributed by atoms with van der Waals surface area (Å²) in [5, 5.41) is 21.8. The number of hydrogen-bond donors (Lipinski definition) is 2. The van der Waals surface area contributed by atoms with Crippen LogP contribution in [0.1, 0.15) is 49.3 Å². The number of rotatable bonds is 10. The number of aryl methyl sites for hydroxylation is 1. The van der Waals surface area contributed by atoms with Gasteiger partial charge in [-0.3, -0.25) is 4.98 Å². The van der Waals surface area contributed by atoms with E-state index in [0.717, 1.165) is 45.3 Å². The highest BCUT2D eigenvalue weighted by atomic mass is 19.1. The fraction of sp³-hybridized carbons (Fsp3) is 0.464. The largest absolute Gasteiger partial charge is 0.497 e. The van der Waals surface area contributed by atoms with Gasteiger partial charge in [0.1, 0.15) is 11.6 Å². The first-order valence-electron chi connectivity index (χ1n) is 12.2. The summed E-state index contributed by atoms with van der Waals surface area (Å²) >= 11 is 0. The topological polar surface area (TPSA) is 65.8 Å². The SMILES string of the molecule is COc1ccc2ncc(F)c([C@@H](O)CCC3(CO)CCN(CCCc4ccccc4)CC3)c2c1. The minimum Gasteiger partial charge on any atom is -0.497 e. The number of halogens is 1. The van der Waals surface area contributed by atoms with Crippen LogP contribution in [0.25, 0.3) is 10.9 Å². The van der Waals surface area contributed by atoms with Crippen LogP contribution in [0.3, 0.4) is 0 Å². The standard InChI is InChI=1S/C28H35FN2O3/c1-34-22-9-10-25-23(18-22)27(24(29)19-30-25)26(33)11-12-28(20-32)13-16-31(17-14-28)15-5-8-21-6-3-2-4-7-21/h2-4,6-7,9-10,18-19,26,32-33H,5,8,11-17,20H2,1H3/t26-/m0/s1. The molecule has 2 heterocycles. The number of fused-ring (bicyclic) bond motifs is 1. The monoisotopic (exact) mass is 466 g/mol. The molecule has 182 valence electrons. The van der Waals surface area contributed by atoms with Crippen molar-refractivity contribution in [2.45, 2.75) is 44.6 Å². The molecule has 0 bridgehead atoms. The van der Waals surface area contributed by atoms with Gasteiger partial charge in [-0.1, -0.05) is 30.3 Å². The second kappa shape index (κ2) is 11.3. The van der Waals surface area contributed by atoms with Crippen LogP contribution in [0.2, 0.25) is 0 Å². The zero-order valence-corrected chi connectivity index (χ0v) is 19.9. The lowest BCUT2D eigenvalue weighted by molar-refractivity contribution is 0.0231. The average Bonchev–Trinajstić information content (AvgIpc) is 2.88. The lowest BCUT2D eigenvalue weighted by Gasteiger charge is -2.41. The molecule has 0 radical (unpaired) electrons. The number of benzene rings is 2. The molecule has 5 nitrogen and oxygen atoms in total. The van der Waals surface area contributed by atoms with Crippen molar-refractivity contribution in [2.24, 2.45) is 5.41 Å². The zero-order chi connectivity index (χ0) is 24.0. The van der Waals surface area contributed by atoms with Crippen LogP contribution in [0.15, 0.2) is 54.7 Å². The normalized spacial score (nSPS) is 17.1. The van der Waals surface area contributed by atoms with Crippen LogP contribution in [0.4, 0.5) is 4.39 Å². The van der Waals surface area contributed by atoms with Crippen molar-refractivity contribution in [1.82, 2.24) is 9.88 Å². The average molecular weight is 467 g/mol. The van der Waals surface area contributed by atoms with Crippen molar-refractivity contribution in [3.63, 3.8) is 0 Å². The molecule has 1 aliphatic heterocycles. The number of aliphatic hydroxyl groups excluding tert-OH is 2. The predicted octanol–water partition coefficient (Wildman–Crippen LogP) is 4.90. The van der Waals surface area contributed by atoms with E-state index >= 15 is 0 Å². The predicted molar refractivity (Wildman–Crippen MR) is 132 cm³/mol. The Hall–Kier alpha value is -2.54. The molecule has 34 heavy (non-hydrogen) atoms. The summed E-state index contributed by atoms with van der Waals surface area (Å²) in [4.78, 5) is 6.61. The summed E-state index contributed by atoms with van der Waals surface area (Å²) in [6, 6.07) is 15.8. The Morgan fingerprint density at radius 1 is 1.15 bits per heavy atom. The highest BCUT2D eigenvalue weighted by molar-refractivity contribution is 5.84. The van der Waals surface area contributed by atoms with Gasteiger partial charge in [-0.2, -0.15) is 0 Å². The van der Waals surface area contributed by atoms with Gasteiger partial charge in [-0.15, -0.1) is 0 Å². The van der Waals surface area contributed by atoms with E-state index in [2.05, 4.69) is 34.1 Å². The highest BCUT2D eigenvalue weighted by Gasteiger charge is 2.34. The van der Waals surface area contributed by atoms with Gasteiger partial charge in [-0.05, 0) is 87.3 Å². The van der Waals surface area contributed by atoms with Gasteiger partial charge in [0, 0.05) is 17.6 Å². The van der Waals surface area contributed by atoms with Gasteiger partial charge >= 0.3 is 0 Å². The van der Waals surface area contributed by atoms with Gasteiger partial charge in [0.25, 0.3) is 0 Å². The zero-order valence-electron chi connectivity index (χ0n) is 19.9. The summed E-state index contributed by atoms with van der Waals surface area (Å²) < 4.78 is 20.0. The van der Waals surface area contributed by atoms with Crippen LogP contribution in [-0.2, 0) is 6.42 Å². The van der Waals surface area contributed by atoms with E-state index in [1.54, 1.807) is 25.3 Å². The molecule has 4 rings (SSSR count). The number of aliphatic hydroxyl groups is 2. The quantitative estimate of drug-likeness (QED) is 0.445. The fourth-order valence-electron chi connectivity index (χ4n) is 5.11. The first-order valence-corrected chi connectivity index (χ1v) is 12.2. The molecular formula is C28H35FN2O3. The summed E-state index contributed by atoms with van der Waals surface area (Å²) in [5.41, 5.74) is 2.02. The summed E-state index contributed by atoms with van der Waals surface area (Å²) in [7, 11) is 1.56. The van der Waals surface area contributed by atoms with Crippen molar-refractivity contribution < 1.29 is 19.3 Å². The molecule has 1 aliphatic rings. The molecule has 6 heteroatoms. The first-order chi connectivity index (χ1) is 16.5. The Labute approximate surface area is 201 Å². The maximum atomic E-state index is 14.7. The number of piperidine rings is 1. The van der Waals surface area contributed by atoms with Crippen molar-refractivity contribution in [1.29, 1.82) is 0 Å². The second-order valence-corrected chi connectivity index (χ2v) is 9.55. The molecular weight excluding hydrogens is 431 g/mol. The Bertz CT molecular complexity index is 1070. The van der Waals surface area contributed by atoms with Crippen LogP contribution in [-0.4, -0.2) is 53.4 Å². The highest BCUT2D eigenvalue weighted by Crippen LogP contribution is 2.39. The van der Waals surface area contributed by atoms with Crippen LogP contribution >= 0.6 is 0 Å². The number of likely N-dealkylation sites (tertiary alicyclic amines) is 1. The van der Waals surface area contributed by atoms with E-state index in [1.807, 2.05) is 6.07 Å². The van der Waals surface area contributed by atoms with E-state index in [4.69, 9.17) is 4.74 Å². The van der Waals surface area contributed by atoms with Gasteiger partial charge in [0.15, 0.2) is 0 Å². The van der Waals surface area contributed by atoms with Gasteiger partial charge in [0.05, 0.1) is 24.9 Å². The molecule has 0 saturated carbocycles. The van der Waals surface area contributed by atoms with Gasteiger partial charge in [0.2, 0.25) is 0 Å². The molecule has 1 aromatic heterocycles. The number of hydrogen-bond acceptors (Lipinski definition) is 5. The van der Waals surface area contributed by atoms with Crippen molar-refractivity contribution in [2.75, 3.05) is 33.4 Å². The number of aromatic nitrogens is 1. The Morgan fingerprint density at radius 2 is 1.91 bits per heavy atom. The molecule has 0 spiro atoms. The van der Waals surface area contributed by atoms with Crippen LogP contribution < -0.4 is 4.74 Å². The number of nitrogens with zero attached hydrogens (tertiary/aromatic N) is 2. The van der Waals surface area contributed by atoms with E-state index < -0.39 is 11.9 Å². The number of pyridine rings is 1. The third-order valence-corrected chi connectivity index (χ3v) is 7.38. The molecule has 1 atom stereocenters. The first kappa shape index (κ1) is 24.6. The molecule has 1 saturated heterocycles. The third-order valence-electron chi connectivity index (χ3n) is 7.38. The minimum absolute atomic E-state index is 0.0883. The molecule has 2 N–H and O–H groups in total. The number of methoxy groups -OCH3 is 1. The number of ether oxygens (including phenoxy) is 1. The smallest absolute Gasteiger partial charge is 0.147 e. The molecule has 1 fully saturated rings. The van der Waals surface area contributed by atoms with Gasteiger partial charge in [-0.25, -0.2) is 4.39 Å². The Morgan fingerprint density at radius 3 is 2.62 bits per heavy atom. The van der Waals surface area contributed by atoms with E-state index in [0.29, 0.717) is 29.5 Å². The Kier molecular flexibility index (Phi) is 8.14. The van der Waals surface area contributed by atoms with Crippen molar-refractivity contribution in [3.05, 3.63) is 71.7 Å². The van der Waals surface area contributed by atoms with E-state index in [9.17, 15) is 14.6 Å². The fourth-order valence-corrected chi connectivity index (χ4v) is 5.11. The van der Waals surface area contributed by atoms with E-state index in [1.165, 1.54) is 11.8 Å². The molecule has 2 aromatic carbocycles. The molecule has 3 aromatic rings. The lowest BCUT2D eigenvalue weighted by atomic mass is 9.74. The molecule has 0 aliphatic carbocycles. The minimum atomic E-state index is -0.968. The molecule has 0 amide bonds. The van der Waals surface area contributed by atoms with Crippen molar-refractivity contribution in [3.8, 4) is 5.75 Å². The van der Waals surface area contributed by atoms with Gasteiger partial charge < -0.3 is 19.8 Å². The van der Waals surface area contributed by atoms with Crippen molar-refractivity contribution >= 4 is 10.9 Å². The van der Waals surface area contributed by atoms with Crippen LogP contribution in [0, 0.1) is 11.2 Å². The third kappa shape index (κ3) is 5.74. The maximum absolute atomic E-state index is 14.7. The maximum Gasteiger partial charge on any atom is 0.147 e. The summed E-state index contributed by atoms with van der Waals surface area (Å²) in [6.07, 6.45) is 5.20. The Balaban J connectivity index is 1.34. The lowest BCUT2D eigenvalue weighted by Crippen LogP contribution is -2.42. The van der Waals surface area contributed by atoms with E-state index in [-0.39, 0.29) is 17.6 Å². The molecule has 0 unspecified atom stereocenters. The van der Waals surface area contributed by atoms with Crippen LogP contribution in [0.5, 0.6) is 5.75 Å².